The Balaban J connectivity index is 2.08. The Morgan fingerprint density at radius 3 is 2.38 bits per heavy atom. The molecule has 0 aliphatic heterocycles. The van der Waals surface area contributed by atoms with E-state index in [4.69, 9.17) is 4.74 Å². The third-order valence-corrected chi connectivity index (χ3v) is 3.70. The van der Waals surface area contributed by atoms with Crippen LogP contribution in [0.1, 0.15) is 63.9 Å². The number of ether oxygens (including phenoxy) is 1. The first-order valence-corrected chi connectivity index (χ1v) is 9.05. The van der Waals surface area contributed by atoms with E-state index in [1.807, 2.05) is 31.2 Å². The lowest BCUT2D eigenvalue weighted by Gasteiger charge is -2.09. The standard InChI is InChI=1S/C22H30O2/c1-3-4-5-6-7-8-9-10-11-12-13-14-21(23)19-24-22-17-15-20(2)16-18-22/h15-18,21,23H,3-9,14,19H2,1-2H3. The monoisotopic (exact) mass is 326 g/mol. The van der Waals surface area contributed by atoms with Crippen LogP contribution in [-0.4, -0.2) is 17.8 Å². The van der Waals surface area contributed by atoms with Crippen molar-refractivity contribution in [1.29, 1.82) is 0 Å². The SMILES string of the molecule is CCCCCCCCC#CC#CCC(O)COc1ccc(C)cc1. The van der Waals surface area contributed by atoms with Gasteiger partial charge in [0.15, 0.2) is 0 Å². The van der Waals surface area contributed by atoms with Gasteiger partial charge in [0.05, 0.1) is 6.10 Å². The number of hydrogen-bond acceptors (Lipinski definition) is 2. The summed E-state index contributed by atoms with van der Waals surface area (Å²) in [5.74, 6) is 12.4. The molecule has 2 nitrogen and oxygen atoms in total. The van der Waals surface area contributed by atoms with Crippen molar-refractivity contribution >= 4 is 0 Å². The summed E-state index contributed by atoms with van der Waals surface area (Å²) in [7, 11) is 0. The Bertz CT molecular complexity index is 552. The normalized spacial score (nSPS) is 11.0. The van der Waals surface area contributed by atoms with Crippen LogP contribution < -0.4 is 4.74 Å². The molecule has 0 radical (unpaired) electrons. The van der Waals surface area contributed by atoms with Crippen LogP contribution in [0.5, 0.6) is 5.75 Å². The maximum absolute atomic E-state index is 9.83. The summed E-state index contributed by atoms with van der Waals surface area (Å²) in [5, 5.41) is 9.83. The molecule has 0 fully saturated rings. The molecule has 1 atom stereocenters. The Hall–Kier alpha value is -1.90. The van der Waals surface area contributed by atoms with E-state index in [-0.39, 0.29) is 6.61 Å². The number of benzene rings is 1. The molecule has 130 valence electrons. The molecule has 1 aromatic rings. The van der Waals surface area contributed by atoms with E-state index in [0.717, 1.165) is 18.6 Å². The molecule has 0 bridgehead atoms. The number of hydrogen-bond donors (Lipinski definition) is 1. The van der Waals surface area contributed by atoms with E-state index in [0.29, 0.717) is 6.42 Å². The highest BCUT2D eigenvalue weighted by atomic mass is 16.5. The summed E-state index contributed by atoms with van der Waals surface area (Å²) >= 11 is 0. The minimum absolute atomic E-state index is 0.253. The summed E-state index contributed by atoms with van der Waals surface area (Å²) in [4.78, 5) is 0. The molecule has 0 heterocycles. The average molecular weight is 326 g/mol. The fraction of sp³-hybridized carbons (Fsp3) is 0.545. The first-order valence-electron chi connectivity index (χ1n) is 9.05. The van der Waals surface area contributed by atoms with Gasteiger partial charge in [-0.05, 0) is 37.3 Å². The van der Waals surface area contributed by atoms with Gasteiger partial charge in [-0.2, -0.15) is 0 Å². The molecule has 1 unspecified atom stereocenters. The van der Waals surface area contributed by atoms with E-state index in [9.17, 15) is 5.11 Å². The molecule has 0 aromatic heterocycles. The van der Waals surface area contributed by atoms with Gasteiger partial charge in [0.1, 0.15) is 12.4 Å². The second-order valence-electron chi connectivity index (χ2n) is 6.10. The highest BCUT2D eigenvalue weighted by Crippen LogP contribution is 2.11. The van der Waals surface area contributed by atoms with Crippen LogP contribution in [0.25, 0.3) is 0 Å². The minimum Gasteiger partial charge on any atom is -0.491 e. The van der Waals surface area contributed by atoms with Crippen molar-refractivity contribution < 1.29 is 9.84 Å². The maximum atomic E-state index is 9.83. The van der Waals surface area contributed by atoms with Crippen LogP contribution in [-0.2, 0) is 0 Å². The van der Waals surface area contributed by atoms with Crippen LogP contribution in [0, 0.1) is 30.6 Å². The van der Waals surface area contributed by atoms with Gasteiger partial charge in [-0.25, -0.2) is 0 Å². The zero-order valence-electron chi connectivity index (χ0n) is 15.1. The molecule has 1 N–H and O–H groups in total. The maximum Gasteiger partial charge on any atom is 0.119 e. The number of rotatable bonds is 10. The Morgan fingerprint density at radius 2 is 1.62 bits per heavy atom. The van der Waals surface area contributed by atoms with Gasteiger partial charge in [0, 0.05) is 12.8 Å². The Morgan fingerprint density at radius 1 is 0.958 bits per heavy atom. The highest BCUT2D eigenvalue weighted by molar-refractivity contribution is 5.27. The summed E-state index contributed by atoms with van der Waals surface area (Å²) < 4.78 is 5.52. The molecule has 1 aromatic carbocycles. The topological polar surface area (TPSA) is 29.5 Å². The van der Waals surface area contributed by atoms with E-state index in [2.05, 4.69) is 30.6 Å². The molecule has 0 saturated heterocycles. The molecular weight excluding hydrogens is 296 g/mol. The van der Waals surface area contributed by atoms with Gasteiger partial charge in [0.25, 0.3) is 0 Å². The van der Waals surface area contributed by atoms with Crippen molar-refractivity contribution in [2.75, 3.05) is 6.61 Å². The Labute approximate surface area is 147 Å². The van der Waals surface area contributed by atoms with Gasteiger partial charge in [-0.3, -0.25) is 0 Å². The average Bonchev–Trinajstić information content (AvgIpc) is 2.59. The molecule has 0 amide bonds. The van der Waals surface area contributed by atoms with Crippen LogP contribution in [0.3, 0.4) is 0 Å². The molecular formula is C22H30O2. The number of aliphatic hydroxyl groups excluding tert-OH is 1. The second-order valence-corrected chi connectivity index (χ2v) is 6.10. The first kappa shape index (κ1) is 20.1. The molecule has 2 heteroatoms. The van der Waals surface area contributed by atoms with Crippen LogP contribution in [0.2, 0.25) is 0 Å². The van der Waals surface area contributed by atoms with Gasteiger partial charge in [-0.1, -0.05) is 68.6 Å². The highest BCUT2D eigenvalue weighted by Gasteiger charge is 2.02. The molecule has 0 spiro atoms. The lowest BCUT2D eigenvalue weighted by molar-refractivity contribution is 0.111. The smallest absolute Gasteiger partial charge is 0.119 e. The van der Waals surface area contributed by atoms with E-state index in [1.54, 1.807) is 0 Å². The fourth-order valence-corrected chi connectivity index (χ4v) is 2.20. The van der Waals surface area contributed by atoms with Gasteiger partial charge in [-0.15, -0.1) is 0 Å². The fourth-order valence-electron chi connectivity index (χ4n) is 2.20. The summed E-state index contributed by atoms with van der Waals surface area (Å²) in [6, 6.07) is 7.78. The quantitative estimate of drug-likeness (QED) is 0.490. The largest absolute Gasteiger partial charge is 0.491 e. The first-order chi connectivity index (χ1) is 11.7. The molecule has 1 rings (SSSR count). The number of unbranched alkanes of at least 4 members (excludes halogenated alkanes) is 6. The number of aryl methyl sites for hydroxylation is 1. The van der Waals surface area contributed by atoms with E-state index in [1.165, 1.54) is 37.7 Å². The van der Waals surface area contributed by atoms with Gasteiger partial charge >= 0.3 is 0 Å². The molecule has 0 saturated carbocycles. The lowest BCUT2D eigenvalue weighted by Crippen LogP contribution is -2.16. The van der Waals surface area contributed by atoms with E-state index >= 15 is 0 Å². The van der Waals surface area contributed by atoms with Crippen LogP contribution in [0.15, 0.2) is 24.3 Å². The van der Waals surface area contributed by atoms with Gasteiger partial charge in [0.2, 0.25) is 0 Å². The summed E-state index contributed by atoms with van der Waals surface area (Å²) in [5.41, 5.74) is 1.19. The zero-order chi connectivity index (χ0) is 17.5. The minimum atomic E-state index is -0.584. The third kappa shape index (κ3) is 10.8. The predicted octanol–water partition coefficient (Wildman–Crippen LogP) is 4.88. The lowest BCUT2D eigenvalue weighted by atomic mass is 10.1. The summed E-state index contributed by atoms with van der Waals surface area (Å²) in [6.07, 6.45) is 8.42. The second kappa shape index (κ2) is 13.5. The summed E-state index contributed by atoms with van der Waals surface area (Å²) in [6.45, 7) is 4.51. The zero-order valence-corrected chi connectivity index (χ0v) is 15.1. The molecule has 24 heavy (non-hydrogen) atoms. The molecule has 0 aliphatic rings. The van der Waals surface area contributed by atoms with Crippen molar-refractivity contribution in [2.45, 2.75) is 71.3 Å². The van der Waals surface area contributed by atoms with Crippen molar-refractivity contribution in [3.8, 4) is 29.4 Å². The predicted molar refractivity (Wildman–Crippen MR) is 101 cm³/mol. The molecule has 0 aliphatic carbocycles. The van der Waals surface area contributed by atoms with Gasteiger partial charge < -0.3 is 9.84 Å². The van der Waals surface area contributed by atoms with Crippen molar-refractivity contribution in [1.82, 2.24) is 0 Å². The number of aliphatic hydroxyl groups is 1. The Kier molecular flexibility index (Phi) is 11.4. The van der Waals surface area contributed by atoms with E-state index < -0.39 is 6.10 Å². The third-order valence-electron chi connectivity index (χ3n) is 3.70. The van der Waals surface area contributed by atoms with Crippen LogP contribution in [0.4, 0.5) is 0 Å². The van der Waals surface area contributed by atoms with Crippen molar-refractivity contribution in [3.63, 3.8) is 0 Å². The van der Waals surface area contributed by atoms with Crippen LogP contribution >= 0.6 is 0 Å². The van der Waals surface area contributed by atoms with Crippen molar-refractivity contribution in [2.24, 2.45) is 0 Å². The van der Waals surface area contributed by atoms with Crippen molar-refractivity contribution in [3.05, 3.63) is 29.8 Å².